The Hall–Kier alpha value is -1.82. The molecule has 5 nitrogen and oxygen atoms in total. The van der Waals surface area contributed by atoms with Crippen LogP contribution in [0.25, 0.3) is 11.3 Å². The zero-order valence-electron chi connectivity index (χ0n) is 8.64. The van der Waals surface area contributed by atoms with Crippen molar-refractivity contribution in [3.63, 3.8) is 0 Å². The summed E-state index contributed by atoms with van der Waals surface area (Å²) >= 11 is 0. The first kappa shape index (κ1) is 10.7. The highest BCUT2D eigenvalue weighted by atomic mass is 32.2. The van der Waals surface area contributed by atoms with Crippen LogP contribution in [0.4, 0.5) is 5.82 Å². The minimum atomic E-state index is -3.28. The predicted octanol–water partition coefficient (Wildman–Crippen LogP) is 1.45. The zero-order valence-corrected chi connectivity index (χ0v) is 9.45. The van der Waals surface area contributed by atoms with Gasteiger partial charge in [0, 0.05) is 6.07 Å². The average Bonchev–Trinajstić information content (AvgIpc) is 2.65. The van der Waals surface area contributed by atoms with E-state index in [0.717, 1.165) is 17.5 Å². The van der Waals surface area contributed by atoms with E-state index in [1.165, 1.54) is 0 Å². The van der Waals surface area contributed by atoms with E-state index in [9.17, 15) is 8.42 Å². The van der Waals surface area contributed by atoms with Crippen molar-refractivity contribution in [1.82, 2.24) is 10.2 Å². The van der Waals surface area contributed by atoms with Crippen molar-refractivity contribution in [3.05, 3.63) is 36.4 Å². The van der Waals surface area contributed by atoms with Crippen LogP contribution in [0.3, 0.4) is 0 Å². The number of nitrogens with one attached hydrogen (secondary N) is 2. The first-order chi connectivity index (χ1) is 7.54. The van der Waals surface area contributed by atoms with Gasteiger partial charge in [0.1, 0.15) is 0 Å². The second-order valence-corrected chi connectivity index (χ2v) is 5.16. The lowest BCUT2D eigenvalue weighted by Crippen LogP contribution is -2.09. The summed E-state index contributed by atoms with van der Waals surface area (Å²) in [6.07, 6.45) is 1.09. The SMILES string of the molecule is CS(=O)(=O)Nc1cc(-c2ccccc2)[nH]n1. The maximum Gasteiger partial charge on any atom is 0.231 e. The summed E-state index contributed by atoms with van der Waals surface area (Å²) in [4.78, 5) is 0. The van der Waals surface area contributed by atoms with Gasteiger partial charge in [0.2, 0.25) is 10.0 Å². The summed E-state index contributed by atoms with van der Waals surface area (Å²) in [5, 5.41) is 6.63. The molecule has 0 radical (unpaired) electrons. The van der Waals surface area contributed by atoms with E-state index < -0.39 is 10.0 Å². The van der Waals surface area contributed by atoms with Crippen LogP contribution in [0.2, 0.25) is 0 Å². The van der Waals surface area contributed by atoms with E-state index in [4.69, 9.17) is 0 Å². The monoisotopic (exact) mass is 237 g/mol. The van der Waals surface area contributed by atoms with Gasteiger partial charge in [0.25, 0.3) is 0 Å². The number of aromatic nitrogens is 2. The van der Waals surface area contributed by atoms with Crippen LogP contribution >= 0.6 is 0 Å². The third-order valence-electron chi connectivity index (χ3n) is 1.95. The summed E-state index contributed by atoms with van der Waals surface area (Å²) in [6, 6.07) is 11.2. The molecule has 0 bridgehead atoms. The van der Waals surface area contributed by atoms with Crippen molar-refractivity contribution < 1.29 is 8.42 Å². The molecule has 0 aliphatic rings. The molecule has 6 heteroatoms. The van der Waals surface area contributed by atoms with E-state index in [0.29, 0.717) is 5.82 Å². The number of aromatic amines is 1. The fraction of sp³-hybridized carbons (Fsp3) is 0.100. The van der Waals surface area contributed by atoms with Gasteiger partial charge < -0.3 is 0 Å². The molecule has 16 heavy (non-hydrogen) atoms. The van der Waals surface area contributed by atoms with Crippen LogP contribution < -0.4 is 4.72 Å². The molecule has 0 amide bonds. The highest BCUT2D eigenvalue weighted by Gasteiger charge is 2.06. The summed E-state index contributed by atoms with van der Waals surface area (Å²) < 4.78 is 24.3. The Morgan fingerprint density at radius 2 is 1.94 bits per heavy atom. The Labute approximate surface area is 93.6 Å². The second kappa shape index (κ2) is 3.97. The van der Waals surface area contributed by atoms with Gasteiger partial charge in [-0.25, -0.2) is 8.42 Å². The number of sulfonamides is 1. The summed E-state index contributed by atoms with van der Waals surface area (Å²) in [7, 11) is -3.28. The van der Waals surface area contributed by atoms with Gasteiger partial charge in [-0.05, 0) is 5.56 Å². The Morgan fingerprint density at radius 1 is 1.25 bits per heavy atom. The van der Waals surface area contributed by atoms with E-state index >= 15 is 0 Å². The van der Waals surface area contributed by atoms with Gasteiger partial charge in [-0.1, -0.05) is 30.3 Å². The van der Waals surface area contributed by atoms with Crippen molar-refractivity contribution in [2.45, 2.75) is 0 Å². The number of benzene rings is 1. The molecular weight excluding hydrogens is 226 g/mol. The maximum atomic E-state index is 11.0. The molecular formula is C10H11N3O2S. The highest BCUT2D eigenvalue weighted by Crippen LogP contribution is 2.19. The van der Waals surface area contributed by atoms with Gasteiger partial charge in [-0.2, -0.15) is 5.10 Å². The molecule has 2 rings (SSSR count). The largest absolute Gasteiger partial charge is 0.276 e. The number of hydrogen-bond donors (Lipinski definition) is 2. The lowest BCUT2D eigenvalue weighted by molar-refractivity contribution is 0.606. The van der Waals surface area contributed by atoms with Gasteiger partial charge >= 0.3 is 0 Å². The molecule has 0 saturated heterocycles. The van der Waals surface area contributed by atoms with Crippen LogP contribution in [-0.2, 0) is 10.0 Å². The van der Waals surface area contributed by atoms with Crippen LogP contribution in [0.1, 0.15) is 0 Å². The van der Waals surface area contributed by atoms with E-state index in [-0.39, 0.29) is 0 Å². The normalized spacial score (nSPS) is 11.3. The smallest absolute Gasteiger partial charge is 0.231 e. The average molecular weight is 237 g/mol. The Morgan fingerprint density at radius 3 is 2.56 bits per heavy atom. The first-order valence-corrected chi connectivity index (χ1v) is 6.52. The quantitative estimate of drug-likeness (QED) is 0.848. The molecule has 0 aliphatic heterocycles. The van der Waals surface area contributed by atoms with Gasteiger partial charge in [-0.15, -0.1) is 0 Å². The molecule has 0 fully saturated rings. The molecule has 1 aromatic heterocycles. The lowest BCUT2D eigenvalue weighted by Gasteiger charge is -1.96. The molecule has 84 valence electrons. The number of rotatable bonds is 3. The molecule has 1 heterocycles. The molecule has 0 unspecified atom stereocenters. The Kier molecular flexibility index (Phi) is 2.66. The first-order valence-electron chi connectivity index (χ1n) is 4.63. The van der Waals surface area contributed by atoms with Gasteiger partial charge in [0.15, 0.2) is 5.82 Å². The van der Waals surface area contributed by atoms with Gasteiger partial charge in [0.05, 0.1) is 11.9 Å². The zero-order chi connectivity index (χ0) is 11.6. The Balaban J connectivity index is 2.27. The van der Waals surface area contributed by atoms with Crippen LogP contribution in [-0.4, -0.2) is 24.9 Å². The molecule has 1 aromatic carbocycles. The lowest BCUT2D eigenvalue weighted by atomic mass is 10.2. The molecule has 0 atom stereocenters. The van der Waals surface area contributed by atoms with Crippen LogP contribution in [0, 0.1) is 0 Å². The Bertz CT molecular complexity index is 575. The third-order valence-corrected chi connectivity index (χ3v) is 2.53. The van der Waals surface area contributed by atoms with Crippen molar-refractivity contribution >= 4 is 15.8 Å². The van der Waals surface area contributed by atoms with E-state index in [1.807, 2.05) is 30.3 Å². The fourth-order valence-corrected chi connectivity index (χ4v) is 1.81. The summed E-state index contributed by atoms with van der Waals surface area (Å²) in [5.41, 5.74) is 1.73. The van der Waals surface area contributed by atoms with E-state index in [2.05, 4.69) is 14.9 Å². The van der Waals surface area contributed by atoms with Crippen molar-refractivity contribution in [2.75, 3.05) is 11.0 Å². The summed E-state index contributed by atoms with van der Waals surface area (Å²) in [5.74, 6) is 0.293. The molecule has 0 spiro atoms. The number of H-pyrrole nitrogens is 1. The number of anilines is 1. The van der Waals surface area contributed by atoms with Crippen molar-refractivity contribution in [3.8, 4) is 11.3 Å². The minimum Gasteiger partial charge on any atom is -0.276 e. The van der Waals surface area contributed by atoms with E-state index in [1.54, 1.807) is 6.07 Å². The van der Waals surface area contributed by atoms with Crippen LogP contribution in [0.15, 0.2) is 36.4 Å². The van der Waals surface area contributed by atoms with Gasteiger partial charge in [-0.3, -0.25) is 9.82 Å². The van der Waals surface area contributed by atoms with Crippen molar-refractivity contribution in [1.29, 1.82) is 0 Å². The molecule has 0 saturated carbocycles. The second-order valence-electron chi connectivity index (χ2n) is 3.41. The molecule has 2 aromatic rings. The highest BCUT2D eigenvalue weighted by molar-refractivity contribution is 7.92. The molecule has 2 N–H and O–H groups in total. The summed E-state index contributed by atoms with van der Waals surface area (Å²) in [6.45, 7) is 0. The standard InChI is InChI=1S/C10H11N3O2S/c1-16(14,15)13-10-7-9(11-12-10)8-5-3-2-4-6-8/h2-7H,1H3,(H2,11,12,13). The number of hydrogen-bond acceptors (Lipinski definition) is 3. The topological polar surface area (TPSA) is 74.8 Å². The molecule has 0 aliphatic carbocycles. The predicted molar refractivity (Wildman–Crippen MR) is 62.5 cm³/mol. The minimum absolute atomic E-state index is 0.293. The van der Waals surface area contributed by atoms with Crippen LogP contribution in [0.5, 0.6) is 0 Å². The maximum absolute atomic E-state index is 11.0. The third kappa shape index (κ3) is 2.60. The van der Waals surface area contributed by atoms with Crippen molar-refractivity contribution in [2.24, 2.45) is 0 Å². The number of nitrogens with zero attached hydrogens (tertiary/aromatic N) is 1. The fourth-order valence-electron chi connectivity index (χ4n) is 1.33.